The van der Waals surface area contributed by atoms with E-state index in [9.17, 15) is 23.1 Å². The first kappa shape index (κ1) is 27.3. The van der Waals surface area contributed by atoms with E-state index in [1.165, 1.54) is 12.1 Å². The number of methoxy groups -OCH3 is 1. The van der Waals surface area contributed by atoms with Crippen LogP contribution in [0.5, 0.6) is 5.75 Å². The number of alkyl halides is 3. The summed E-state index contributed by atoms with van der Waals surface area (Å²) >= 11 is 0. The Morgan fingerprint density at radius 1 is 1.00 bits per heavy atom. The van der Waals surface area contributed by atoms with E-state index in [2.05, 4.69) is 4.98 Å². The van der Waals surface area contributed by atoms with Crippen molar-refractivity contribution in [2.75, 3.05) is 20.2 Å². The quantitative estimate of drug-likeness (QED) is 0.226. The molecule has 0 spiro atoms. The third-order valence-electron chi connectivity index (χ3n) is 6.88. The molecular formula is C30H31F3N2O3. The van der Waals surface area contributed by atoms with Gasteiger partial charge in [0.2, 0.25) is 0 Å². The number of benzene rings is 3. The second kappa shape index (κ2) is 11.7. The molecular weight excluding hydrogens is 493 g/mol. The van der Waals surface area contributed by atoms with Gasteiger partial charge in [-0.05, 0) is 79.8 Å². The molecule has 1 unspecified atom stereocenters. The number of nitrogens with one attached hydrogen (secondary N) is 1. The molecule has 0 aliphatic rings. The SMILES string of the molecule is COc1ccc2[nH]c(C)c(CCN(CCCc3ccc(C(F)(F)F)cc3)C(C(=O)O)c3ccccc3)c2c1. The molecule has 0 saturated carbocycles. The van der Waals surface area contributed by atoms with Gasteiger partial charge in [0.15, 0.2) is 0 Å². The highest BCUT2D eigenvalue weighted by Gasteiger charge is 2.30. The van der Waals surface area contributed by atoms with Crippen LogP contribution in [-0.4, -0.2) is 41.2 Å². The largest absolute Gasteiger partial charge is 0.497 e. The molecule has 0 saturated heterocycles. The summed E-state index contributed by atoms with van der Waals surface area (Å²) < 4.78 is 44.1. The molecule has 3 aromatic carbocycles. The summed E-state index contributed by atoms with van der Waals surface area (Å²) in [6, 6.07) is 19.3. The number of carboxylic acid groups (broad SMARTS) is 1. The highest BCUT2D eigenvalue weighted by molar-refractivity contribution is 5.86. The number of fused-ring (bicyclic) bond motifs is 1. The monoisotopic (exact) mass is 524 g/mol. The predicted octanol–water partition coefficient (Wildman–Crippen LogP) is 6.81. The number of aryl methyl sites for hydroxylation is 2. The molecule has 2 N–H and O–H groups in total. The van der Waals surface area contributed by atoms with Gasteiger partial charge in [-0.1, -0.05) is 42.5 Å². The number of carboxylic acids is 1. The number of aliphatic carboxylic acids is 1. The first-order valence-electron chi connectivity index (χ1n) is 12.5. The van der Waals surface area contributed by atoms with Gasteiger partial charge in [-0.2, -0.15) is 13.2 Å². The summed E-state index contributed by atoms with van der Waals surface area (Å²) in [7, 11) is 1.62. The number of aromatic nitrogens is 1. The van der Waals surface area contributed by atoms with Crippen molar-refractivity contribution in [3.8, 4) is 5.75 Å². The van der Waals surface area contributed by atoms with Crippen molar-refractivity contribution in [1.82, 2.24) is 9.88 Å². The van der Waals surface area contributed by atoms with Crippen LogP contribution < -0.4 is 4.74 Å². The number of H-pyrrole nitrogens is 1. The Morgan fingerprint density at radius 2 is 1.71 bits per heavy atom. The molecule has 0 aliphatic carbocycles. The molecule has 1 atom stereocenters. The standard InChI is InChI=1S/C30H31F3N2O3/c1-20-25(26-19-24(38-2)14-15-27(26)34-20)16-18-35(28(29(36)37)22-8-4-3-5-9-22)17-6-7-21-10-12-23(13-11-21)30(31,32)33/h3-5,8-15,19,28,34H,6-7,16-18H2,1-2H3,(H,36,37). The highest BCUT2D eigenvalue weighted by atomic mass is 19.4. The number of halogens is 3. The Kier molecular flexibility index (Phi) is 8.42. The Bertz CT molecular complexity index is 1370. The third-order valence-corrected chi connectivity index (χ3v) is 6.88. The molecule has 38 heavy (non-hydrogen) atoms. The van der Waals surface area contributed by atoms with Crippen molar-refractivity contribution in [1.29, 1.82) is 0 Å². The zero-order valence-corrected chi connectivity index (χ0v) is 21.4. The molecule has 8 heteroatoms. The average Bonchev–Trinajstić information content (AvgIpc) is 3.21. The number of hydrogen-bond acceptors (Lipinski definition) is 3. The summed E-state index contributed by atoms with van der Waals surface area (Å²) in [5, 5.41) is 11.2. The molecule has 0 fully saturated rings. The van der Waals surface area contributed by atoms with E-state index in [4.69, 9.17) is 4.74 Å². The van der Waals surface area contributed by atoms with Crippen LogP contribution in [0.1, 0.15) is 40.4 Å². The van der Waals surface area contributed by atoms with Gasteiger partial charge in [0.25, 0.3) is 0 Å². The van der Waals surface area contributed by atoms with Gasteiger partial charge >= 0.3 is 12.1 Å². The normalized spacial score (nSPS) is 12.7. The molecule has 1 aromatic heterocycles. The van der Waals surface area contributed by atoms with Gasteiger partial charge in [-0.15, -0.1) is 0 Å². The lowest BCUT2D eigenvalue weighted by Gasteiger charge is -2.29. The van der Waals surface area contributed by atoms with Gasteiger partial charge in [0, 0.05) is 23.1 Å². The molecule has 0 bridgehead atoms. The van der Waals surface area contributed by atoms with Crippen LogP contribution in [0.2, 0.25) is 0 Å². The van der Waals surface area contributed by atoms with E-state index in [0.29, 0.717) is 37.9 Å². The number of ether oxygens (including phenoxy) is 1. The number of nitrogens with zero attached hydrogens (tertiary/aromatic N) is 1. The number of hydrogen-bond donors (Lipinski definition) is 2. The molecule has 0 aliphatic heterocycles. The highest BCUT2D eigenvalue weighted by Crippen LogP contribution is 2.30. The van der Waals surface area contributed by atoms with Crippen LogP contribution in [-0.2, 0) is 23.8 Å². The van der Waals surface area contributed by atoms with Gasteiger partial charge in [0.05, 0.1) is 12.7 Å². The molecule has 4 rings (SSSR count). The van der Waals surface area contributed by atoms with Crippen molar-refractivity contribution in [3.05, 3.63) is 101 Å². The Balaban J connectivity index is 1.55. The van der Waals surface area contributed by atoms with Crippen LogP contribution in [0, 0.1) is 6.92 Å². The first-order chi connectivity index (χ1) is 18.2. The molecule has 0 amide bonds. The van der Waals surface area contributed by atoms with E-state index < -0.39 is 23.8 Å². The molecule has 5 nitrogen and oxygen atoms in total. The van der Waals surface area contributed by atoms with Crippen LogP contribution >= 0.6 is 0 Å². The summed E-state index contributed by atoms with van der Waals surface area (Å²) in [5.74, 6) is -0.193. The van der Waals surface area contributed by atoms with Gasteiger partial charge in [-0.3, -0.25) is 9.69 Å². The van der Waals surface area contributed by atoms with Crippen LogP contribution in [0.15, 0.2) is 72.8 Å². The minimum Gasteiger partial charge on any atom is -0.497 e. The van der Waals surface area contributed by atoms with Gasteiger partial charge in [0.1, 0.15) is 11.8 Å². The fourth-order valence-electron chi connectivity index (χ4n) is 4.93. The lowest BCUT2D eigenvalue weighted by molar-refractivity contribution is -0.143. The van der Waals surface area contributed by atoms with Gasteiger partial charge < -0.3 is 14.8 Å². The third kappa shape index (κ3) is 6.37. The van der Waals surface area contributed by atoms with Crippen molar-refractivity contribution >= 4 is 16.9 Å². The van der Waals surface area contributed by atoms with Crippen molar-refractivity contribution < 1.29 is 27.8 Å². The minimum absolute atomic E-state index is 0.470. The van der Waals surface area contributed by atoms with Crippen molar-refractivity contribution in [2.45, 2.75) is 38.4 Å². The lowest BCUT2D eigenvalue weighted by atomic mass is 10.0. The van der Waals surface area contributed by atoms with Gasteiger partial charge in [-0.25, -0.2) is 0 Å². The smallest absolute Gasteiger partial charge is 0.416 e. The van der Waals surface area contributed by atoms with E-state index in [0.717, 1.165) is 45.6 Å². The van der Waals surface area contributed by atoms with E-state index in [1.807, 2.05) is 60.4 Å². The summed E-state index contributed by atoms with van der Waals surface area (Å²) in [5.41, 5.74) is 3.90. The van der Waals surface area contributed by atoms with E-state index in [1.54, 1.807) is 7.11 Å². The van der Waals surface area contributed by atoms with E-state index in [-0.39, 0.29) is 0 Å². The fourth-order valence-corrected chi connectivity index (χ4v) is 4.93. The minimum atomic E-state index is -4.37. The predicted molar refractivity (Wildman–Crippen MR) is 141 cm³/mol. The summed E-state index contributed by atoms with van der Waals surface area (Å²) in [6.07, 6.45) is -2.61. The molecule has 1 heterocycles. The van der Waals surface area contributed by atoms with Crippen LogP contribution in [0.3, 0.4) is 0 Å². The summed E-state index contributed by atoms with van der Waals surface area (Å²) in [6.45, 7) is 2.96. The summed E-state index contributed by atoms with van der Waals surface area (Å²) in [4.78, 5) is 17.8. The molecule has 200 valence electrons. The first-order valence-corrected chi connectivity index (χ1v) is 12.5. The molecule has 0 radical (unpaired) electrons. The Hall–Kier alpha value is -3.78. The van der Waals surface area contributed by atoms with Crippen molar-refractivity contribution in [2.24, 2.45) is 0 Å². The number of rotatable bonds is 11. The zero-order valence-electron chi connectivity index (χ0n) is 21.4. The second-order valence-electron chi connectivity index (χ2n) is 9.38. The zero-order chi connectivity index (χ0) is 27.3. The lowest BCUT2D eigenvalue weighted by Crippen LogP contribution is -2.36. The average molecular weight is 525 g/mol. The number of aromatic amines is 1. The van der Waals surface area contributed by atoms with Crippen LogP contribution in [0.25, 0.3) is 10.9 Å². The van der Waals surface area contributed by atoms with Crippen molar-refractivity contribution in [3.63, 3.8) is 0 Å². The van der Waals surface area contributed by atoms with Crippen LogP contribution in [0.4, 0.5) is 13.2 Å². The topological polar surface area (TPSA) is 65.6 Å². The maximum Gasteiger partial charge on any atom is 0.416 e. The number of carbonyl (C=O) groups is 1. The van der Waals surface area contributed by atoms with E-state index >= 15 is 0 Å². The Morgan fingerprint density at radius 3 is 2.34 bits per heavy atom. The Labute approximate surface area is 219 Å². The molecule has 4 aromatic rings. The maximum atomic E-state index is 12.9. The second-order valence-corrected chi connectivity index (χ2v) is 9.38. The maximum absolute atomic E-state index is 12.9. The fraction of sp³-hybridized carbons (Fsp3) is 0.300.